The van der Waals surface area contributed by atoms with Gasteiger partial charge in [0.1, 0.15) is 17.3 Å². The molecule has 0 aliphatic carbocycles. The van der Waals surface area contributed by atoms with E-state index >= 15 is 0 Å². The number of unbranched alkanes of at least 4 members (excludes halogenated alkanes) is 13. The molecule has 0 saturated heterocycles. The quantitative estimate of drug-likeness (QED) is 0.0216. The van der Waals surface area contributed by atoms with Crippen molar-refractivity contribution < 1.29 is 57.2 Å². The van der Waals surface area contributed by atoms with E-state index in [0.717, 1.165) is 89.2 Å². The third-order valence-corrected chi connectivity index (χ3v) is 10.5. The van der Waals surface area contributed by atoms with Crippen molar-refractivity contribution in [2.45, 2.75) is 167 Å². The molecule has 0 fully saturated rings. The van der Waals surface area contributed by atoms with Crippen LogP contribution in [0.2, 0.25) is 0 Å². The number of alkyl carbamates (subject to hydrolysis) is 1. The van der Waals surface area contributed by atoms with Crippen molar-refractivity contribution in [1.82, 2.24) is 10.6 Å². The van der Waals surface area contributed by atoms with Gasteiger partial charge in [0.05, 0.1) is 19.1 Å². The fourth-order valence-corrected chi connectivity index (χ4v) is 6.80. The number of carbonyl (C=O) groups is 7. The smallest absolute Gasteiger partial charge is 0.407 e. The standard InChI is InChI=1S/C50H74N2O12/c1-4-5-6-19-36-60-49(58)45(41-27-32-43(33-28-41)62-39(2)53)38-42(54)29-24-40-25-30-44(31-26-40)63-46(55)21-14-9-7-8-10-15-22-47(56)64-48(57)23-16-13-20-37-61-50(59)52-35-18-12-11-17-34-51-3/h25-28,30-33,45,51H,4-24,29,34-38H2,1-3H3,(H,52,59). The second-order valence-corrected chi connectivity index (χ2v) is 16.2. The molecule has 2 rings (SSSR count). The van der Waals surface area contributed by atoms with Gasteiger partial charge < -0.3 is 34.3 Å². The van der Waals surface area contributed by atoms with Crippen LogP contribution in [0.1, 0.15) is 172 Å². The predicted molar refractivity (Wildman–Crippen MR) is 244 cm³/mol. The summed E-state index contributed by atoms with van der Waals surface area (Å²) in [4.78, 5) is 85.8. The van der Waals surface area contributed by atoms with Crippen molar-refractivity contribution >= 4 is 41.7 Å². The number of carbonyl (C=O) groups excluding carboxylic acids is 7. The Hall–Kier alpha value is -5.11. The van der Waals surface area contributed by atoms with Crippen molar-refractivity contribution in [3.05, 3.63) is 59.7 Å². The highest BCUT2D eigenvalue weighted by Gasteiger charge is 2.25. The van der Waals surface area contributed by atoms with Gasteiger partial charge in [0, 0.05) is 45.6 Å². The van der Waals surface area contributed by atoms with Gasteiger partial charge >= 0.3 is 35.9 Å². The summed E-state index contributed by atoms with van der Waals surface area (Å²) >= 11 is 0. The third kappa shape index (κ3) is 27.8. The van der Waals surface area contributed by atoms with Gasteiger partial charge in [-0.05, 0) is 107 Å². The van der Waals surface area contributed by atoms with Gasteiger partial charge in [-0.3, -0.25) is 28.8 Å². The zero-order valence-electron chi connectivity index (χ0n) is 38.7. The lowest BCUT2D eigenvalue weighted by Crippen LogP contribution is -2.25. The van der Waals surface area contributed by atoms with Crippen LogP contribution >= 0.6 is 0 Å². The Morgan fingerprint density at radius 1 is 0.547 bits per heavy atom. The lowest BCUT2D eigenvalue weighted by molar-refractivity contribution is -0.160. The van der Waals surface area contributed by atoms with E-state index in [-0.39, 0.29) is 50.5 Å². The minimum atomic E-state index is -0.776. The molecule has 1 amide bonds. The number of nitrogens with one attached hydrogen (secondary N) is 2. The number of ether oxygens (including phenoxy) is 5. The average Bonchev–Trinajstić information content (AvgIpc) is 3.27. The number of esters is 5. The normalized spacial score (nSPS) is 11.3. The zero-order chi connectivity index (χ0) is 46.6. The summed E-state index contributed by atoms with van der Waals surface area (Å²) in [6.45, 7) is 5.59. The topological polar surface area (TPSA) is 190 Å². The highest BCUT2D eigenvalue weighted by molar-refractivity contribution is 5.88. The van der Waals surface area contributed by atoms with E-state index in [1.807, 2.05) is 19.2 Å². The van der Waals surface area contributed by atoms with Crippen LogP contribution in [0.3, 0.4) is 0 Å². The first-order valence-electron chi connectivity index (χ1n) is 23.6. The van der Waals surface area contributed by atoms with Crippen LogP contribution in [-0.2, 0) is 49.4 Å². The van der Waals surface area contributed by atoms with Gasteiger partial charge in [-0.2, -0.15) is 0 Å². The summed E-state index contributed by atoms with van der Waals surface area (Å²) in [7, 11) is 1.93. The number of hydrogen-bond acceptors (Lipinski definition) is 13. The van der Waals surface area contributed by atoms with Crippen LogP contribution < -0.4 is 20.1 Å². The average molecular weight is 895 g/mol. The van der Waals surface area contributed by atoms with Crippen molar-refractivity contribution in [2.75, 3.05) is 33.4 Å². The molecule has 2 aromatic carbocycles. The molecule has 1 unspecified atom stereocenters. The Bertz CT molecular complexity index is 1660. The molecule has 14 nitrogen and oxygen atoms in total. The molecule has 0 spiro atoms. The summed E-state index contributed by atoms with van der Waals surface area (Å²) < 4.78 is 26.2. The van der Waals surface area contributed by atoms with E-state index in [2.05, 4.69) is 17.6 Å². The molecule has 14 heteroatoms. The van der Waals surface area contributed by atoms with Crippen LogP contribution in [0.25, 0.3) is 0 Å². The fourth-order valence-electron chi connectivity index (χ4n) is 6.80. The number of hydrogen-bond donors (Lipinski definition) is 2. The van der Waals surface area contributed by atoms with Gasteiger partial charge in [-0.25, -0.2) is 4.79 Å². The van der Waals surface area contributed by atoms with Gasteiger partial charge in [-0.15, -0.1) is 0 Å². The summed E-state index contributed by atoms with van der Waals surface area (Å²) in [6.07, 6.45) is 15.5. The molecule has 2 N–H and O–H groups in total. The molecule has 0 aliphatic heterocycles. The number of rotatable bonds is 36. The number of amides is 1. The van der Waals surface area contributed by atoms with E-state index in [4.69, 9.17) is 23.7 Å². The van der Waals surface area contributed by atoms with E-state index in [0.29, 0.717) is 68.7 Å². The molecule has 0 radical (unpaired) electrons. The maximum Gasteiger partial charge on any atom is 0.407 e. The minimum Gasteiger partial charge on any atom is -0.465 e. The van der Waals surface area contributed by atoms with Gasteiger partial charge in [0.15, 0.2) is 0 Å². The molecule has 64 heavy (non-hydrogen) atoms. The number of aryl methyl sites for hydroxylation is 1. The SMILES string of the molecule is CCCCCCOC(=O)C(CC(=O)CCc1ccc(OC(=O)CCCCCCCCC(=O)OC(=O)CCCCCOC(=O)NCCCCCCNC)cc1)c1ccc(OC(C)=O)cc1. The van der Waals surface area contributed by atoms with Crippen LogP contribution in [0, 0.1) is 0 Å². The summed E-state index contributed by atoms with van der Waals surface area (Å²) in [6, 6.07) is 13.6. The maximum atomic E-state index is 13.1. The number of ketones is 1. The number of benzene rings is 2. The first-order valence-corrected chi connectivity index (χ1v) is 23.6. The summed E-state index contributed by atoms with van der Waals surface area (Å²) in [5.74, 6) is -2.38. The van der Waals surface area contributed by atoms with Crippen LogP contribution in [0.4, 0.5) is 4.79 Å². The molecule has 0 aliphatic rings. The Morgan fingerprint density at radius 3 is 1.67 bits per heavy atom. The lowest BCUT2D eigenvalue weighted by Gasteiger charge is -2.17. The lowest BCUT2D eigenvalue weighted by atomic mass is 9.92. The van der Waals surface area contributed by atoms with Crippen molar-refractivity contribution in [3.8, 4) is 11.5 Å². The van der Waals surface area contributed by atoms with E-state index in [1.165, 1.54) is 6.92 Å². The van der Waals surface area contributed by atoms with Gasteiger partial charge in [0.2, 0.25) is 0 Å². The first-order chi connectivity index (χ1) is 31.0. The first kappa shape index (κ1) is 55.0. The predicted octanol–water partition coefficient (Wildman–Crippen LogP) is 9.57. The van der Waals surface area contributed by atoms with Crippen LogP contribution in [-0.4, -0.2) is 75.1 Å². The van der Waals surface area contributed by atoms with E-state index in [9.17, 15) is 33.6 Å². The highest BCUT2D eigenvalue weighted by atomic mass is 16.6. The van der Waals surface area contributed by atoms with Crippen LogP contribution in [0.15, 0.2) is 48.5 Å². The largest absolute Gasteiger partial charge is 0.465 e. The Morgan fingerprint density at radius 2 is 1.06 bits per heavy atom. The van der Waals surface area contributed by atoms with E-state index < -0.39 is 35.9 Å². The van der Waals surface area contributed by atoms with Crippen molar-refractivity contribution in [1.29, 1.82) is 0 Å². The highest BCUT2D eigenvalue weighted by Crippen LogP contribution is 2.26. The molecule has 0 saturated carbocycles. The second-order valence-electron chi connectivity index (χ2n) is 16.2. The monoisotopic (exact) mass is 895 g/mol. The molecule has 356 valence electrons. The summed E-state index contributed by atoms with van der Waals surface area (Å²) in [5.41, 5.74) is 1.50. The number of Topliss-reactive ketones (excluding diaryl/α,β-unsaturated/α-hetero) is 1. The molecular weight excluding hydrogens is 821 g/mol. The Kier molecular flexibility index (Phi) is 30.3. The molecule has 1 atom stereocenters. The Labute approximate surface area is 380 Å². The molecule has 0 aromatic heterocycles. The Balaban J connectivity index is 1.55. The molecule has 2 aromatic rings. The fraction of sp³-hybridized carbons (Fsp3) is 0.620. The summed E-state index contributed by atoms with van der Waals surface area (Å²) in [5, 5.41) is 5.86. The minimum absolute atomic E-state index is 0.0186. The second kappa shape index (κ2) is 35.3. The van der Waals surface area contributed by atoms with Crippen LogP contribution in [0.5, 0.6) is 11.5 Å². The molecular formula is C50H74N2O12. The van der Waals surface area contributed by atoms with Crippen molar-refractivity contribution in [2.24, 2.45) is 0 Å². The molecule has 0 bridgehead atoms. The third-order valence-electron chi connectivity index (χ3n) is 10.5. The maximum absolute atomic E-state index is 13.1. The van der Waals surface area contributed by atoms with E-state index in [1.54, 1.807) is 36.4 Å². The molecule has 0 heterocycles. The van der Waals surface area contributed by atoms with Gasteiger partial charge in [0.25, 0.3) is 0 Å². The van der Waals surface area contributed by atoms with Gasteiger partial charge in [-0.1, -0.05) is 89.0 Å². The zero-order valence-corrected chi connectivity index (χ0v) is 38.7. The van der Waals surface area contributed by atoms with Crippen molar-refractivity contribution in [3.63, 3.8) is 0 Å².